The SMILES string of the molecule is CCOC1CCN(C(=NC)NCCCOCc2ccco2)CC1.I. The molecule has 6 nitrogen and oxygen atoms in total. The molecule has 1 aromatic rings. The number of guanidine groups is 1. The molecule has 24 heavy (non-hydrogen) atoms. The second-order valence-corrected chi connectivity index (χ2v) is 5.60. The van der Waals surface area contributed by atoms with E-state index in [1.165, 1.54) is 0 Å². The van der Waals surface area contributed by atoms with Crippen LogP contribution in [0.25, 0.3) is 0 Å². The highest BCUT2D eigenvalue weighted by molar-refractivity contribution is 14.0. The number of hydrogen-bond donors (Lipinski definition) is 1. The topological polar surface area (TPSA) is 59.2 Å². The van der Waals surface area contributed by atoms with Crippen LogP contribution < -0.4 is 5.32 Å². The molecule has 0 saturated carbocycles. The summed E-state index contributed by atoms with van der Waals surface area (Å²) in [4.78, 5) is 6.68. The predicted octanol–water partition coefficient (Wildman–Crippen LogP) is 2.88. The maximum absolute atomic E-state index is 5.69. The van der Waals surface area contributed by atoms with Crippen molar-refractivity contribution < 1.29 is 13.9 Å². The largest absolute Gasteiger partial charge is 0.467 e. The molecule has 2 heterocycles. The van der Waals surface area contributed by atoms with E-state index in [0.29, 0.717) is 19.3 Å². The fourth-order valence-electron chi connectivity index (χ4n) is 2.74. The monoisotopic (exact) mass is 451 g/mol. The molecule has 2 rings (SSSR count). The van der Waals surface area contributed by atoms with Crippen molar-refractivity contribution in [1.29, 1.82) is 0 Å². The molecule has 1 N–H and O–H groups in total. The van der Waals surface area contributed by atoms with Crippen LogP contribution in [0.3, 0.4) is 0 Å². The van der Waals surface area contributed by atoms with Gasteiger partial charge < -0.3 is 24.1 Å². The van der Waals surface area contributed by atoms with Crippen LogP contribution in [0.4, 0.5) is 0 Å². The van der Waals surface area contributed by atoms with E-state index in [2.05, 4.69) is 22.1 Å². The molecule has 0 atom stereocenters. The van der Waals surface area contributed by atoms with Gasteiger partial charge in [0, 0.05) is 39.9 Å². The molecule has 0 amide bonds. The van der Waals surface area contributed by atoms with Crippen molar-refractivity contribution in [2.45, 2.75) is 38.9 Å². The summed E-state index contributed by atoms with van der Waals surface area (Å²) >= 11 is 0. The van der Waals surface area contributed by atoms with E-state index in [4.69, 9.17) is 13.9 Å². The van der Waals surface area contributed by atoms with E-state index in [1.54, 1.807) is 6.26 Å². The highest BCUT2D eigenvalue weighted by atomic mass is 127. The van der Waals surface area contributed by atoms with Gasteiger partial charge in [-0.05, 0) is 38.3 Å². The summed E-state index contributed by atoms with van der Waals surface area (Å²) in [5.74, 6) is 1.84. The van der Waals surface area contributed by atoms with Gasteiger partial charge >= 0.3 is 0 Å². The lowest BCUT2D eigenvalue weighted by atomic mass is 10.1. The molecule has 0 unspecified atom stereocenters. The zero-order chi connectivity index (χ0) is 16.3. The Kier molecular flexibility index (Phi) is 11.1. The Bertz CT molecular complexity index is 446. The maximum Gasteiger partial charge on any atom is 0.193 e. The van der Waals surface area contributed by atoms with E-state index < -0.39 is 0 Å². The molecule has 0 aliphatic carbocycles. The summed E-state index contributed by atoms with van der Waals surface area (Å²) in [6.45, 7) is 6.95. The van der Waals surface area contributed by atoms with Gasteiger partial charge in [0.05, 0.1) is 12.4 Å². The number of rotatable bonds is 8. The van der Waals surface area contributed by atoms with Gasteiger partial charge in [0.25, 0.3) is 0 Å². The Morgan fingerprint density at radius 1 is 1.42 bits per heavy atom. The van der Waals surface area contributed by atoms with Gasteiger partial charge in [-0.15, -0.1) is 24.0 Å². The molecule has 0 aromatic carbocycles. The molecule has 0 bridgehead atoms. The molecular formula is C17H30IN3O3. The van der Waals surface area contributed by atoms with Crippen LogP contribution >= 0.6 is 24.0 Å². The van der Waals surface area contributed by atoms with Gasteiger partial charge in [0.2, 0.25) is 0 Å². The molecule has 138 valence electrons. The minimum atomic E-state index is 0. The van der Waals surface area contributed by atoms with Gasteiger partial charge in [-0.3, -0.25) is 4.99 Å². The highest BCUT2D eigenvalue weighted by Crippen LogP contribution is 2.13. The number of piperidine rings is 1. The average molecular weight is 451 g/mol. The molecule has 1 aliphatic heterocycles. The predicted molar refractivity (Wildman–Crippen MR) is 106 cm³/mol. The second kappa shape index (κ2) is 12.5. The van der Waals surface area contributed by atoms with E-state index >= 15 is 0 Å². The van der Waals surface area contributed by atoms with Crippen molar-refractivity contribution in [3.8, 4) is 0 Å². The molecule has 1 fully saturated rings. The first-order valence-corrected chi connectivity index (χ1v) is 8.50. The smallest absolute Gasteiger partial charge is 0.193 e. The molecule has 0 radical (unpaired) electrons. The van der Waals surface area contributed by atoms with Gasteiger partial charge in [0.15, 0.2) is 5.96 Å². The van der Waals surface area contributed by atoms with Crippen LogP contribution in [-0.2, 0) is 16.1 Å². The number of nitrogens with one attached hydrogen (secondary N) is 1. The normalized spacial score (nSPS) is 16.1. The van der Waals surface area contributed by atoms with E-state index in [0.717, 1.165) is 57.2 Å². The van der Waals surface area contributed by atoms with Crippen molar-refractivity contribution in [2.75, 3.05) is 39.9 Å². The number of furan rings is 1. The quantitative estimate of drug-likeness (QED) is 0.285. The van der Waals surface area contributed by atoms with E-state index in [-0.39, 0.29) is 24.0 Å². The van der Waals surface area contributed by atoms with Crippen LogP contribution in [0.5, 0.6) is 0 Å². The Morgan fingerprint density at radius 2 is 2.21 bits per heavy atom. The number of likely N-dealkylation sites (tertiary alicyclic amines) is 1. The number of aliphatic imine (C=N–C) groups is 1. The van der Waals surface area contributed by atoms with Gasteiger partial charge in [-0.2, -0.15) is 0 Å². The third kappa shape index (κ3) is 7.40. The summed E-state index contributed by atoms with van der Waals surface area (Å²) < 4.78 is 16.5. The van der Waals surface area contributed by atoms with Crippen molar-refractivity contribution in [3.05, 3.63) is 24.2 Å². The Morgan fingerprint density at radius 3 is 2.83 bits per heavy atom. The van der Waals surface area contributed by atoms with Crippen LogP contribution in [-0.4, -0.2) is 56.9 Å². The third-order valence-corrected chi connectivity index (χ3v) is 3.93. The fourth-order valence-corrected chi connectivity index (χ4v) is 2.74. The summed E-state index contributed by atoms with van der Waals surface area (Å²) in [7, 11) is 1.84. The van der Waals surface area contributed by atoms with E-state index in [1.807, 2.05) is 19.2 Å². The Balaban J connectivity index is 0.00000288. The lowest BCUT2D eigenvalue weighted by Crippen LogP contribution is -2.47. The van der Waals surface area contributed by atoms with Gasteiger partial charge in [0.1, 0.15) is 12.4 Å². The lowest BCUT2D eigenvalue weighted by Gasteiger charge is -2.34. The highest BCUT2D eigenvalue weighted by Gasteiger charge is 2.21. The fraction of sp³-hybridized carbons (Fsp3) is 0.706. The number of nitrogens with zero attached hydrogens (tertiary/aromatic N) is 2. The van der Waals surface area contributed by atoms with Gasteiger partial charge in [-0.1, -0.05) is 0 Å². The summed E-state index contributed by atoms with van der Waals surface area (Å²) in [5.41, 5.74) is 0. The minimum Gasteiger partial charge on any atom is -0.467 e. The third-order valence-electron chi connectivity index (χ3n) is 3.93. The maximum atomic E-state index is 5.69. The van der Waals surface area contributed by atoms with Crippen LogP contribution in [0.2, 0.25) is 0 Å². The lowest BCUT2D eigenvalue weighted by molar-refractivity contribution is 0.0263. The van der Waals surface area contributed by atoms with E-state index in [9.17, 15) is 0 Å². The summed E-state index contributed by atoms with van der Waals surface area (Å²) in [5, 5.41) is 3.41. The zero-order valence-electron chi connectivity index (χ0n) is 14.7. The van der Waals surface area contributed by atoms with Crippen LogP contribution in [0, 0.1) is 0 Å². The summed E-state index contributed by atoms with van der Waals surface area (Å²) in [6.07, 6.45) is 5.15. The zero-order valence-corrected chi connectivity index (χ0v) is 17.0. The Hall–Kier alpha value is -0.800. The first-order chi connectivity index (χ1) is 11.3. The summed E-state index contributed by atoms with van der Waals surface area (Å²) in [6, 6.07) is 3.80. The molecule has 1 aliphatic rings. The molecule has 1 saturated heterocycles. The Labute approximate surface area is 162 Å². The first kappa shape index (κ1) is 21.2. The number of halogens is 1. The average Bonchev–Trinajstić information content (AvgIpc) is 3.09. The van der Waals surface area contributed by atoms with Crippen molar-refractivity contribution >= 4 is 29.9 Å². The number of hydrogen-bond acceptors (Lipinski definition) is 4. The van der Waals surface area contributed by atoms with Crippen LogP contribution in [0.15, 0.2) is 27.8 Å². The standard InChI is InChI=1S/C17H29N3O3.HI/c1-3-22-15-7-10-20(11-8-15)17(18-2)19-9-5-12-21-14-16-6-4-13-23-16;/h4,6,13,15H,3,5,7-12,14H2,1-2H3,(H,18,19);1H. The van der Waals surface area contributed by atoms with Gasteiger partial charge in [-0.25, -0.2) is 0 Å². The first-order valence-electron chi connectivity index (χ1n) is 8.50. The van der Waals surface area contributed by atoms with Crippen LogP contribution in [0.1, 0.15) is 31.9 Å². The van der Waals surface area contributed by atoms with Crippen molar-refractivity contribution in [3.63, 3.8) is 0 Å². The second-order valence-electron chi connectivity index (χ2n) is 5.60. The molecule has 0 spiro atoms. The van der Waals surface area contributed by atoms with Crippen molar-refractivity contribution in [1.82, 2.24) is 10.2 Å². The molecule has 1 aromatic heterocycles. The van der Waals surface area contributed by atoms with Crippen molar-refractivity contribution in [2.24, 2.45) is 4.99 Å². The minimum absolute atomic E-state index is 0. The number of ether oxygens (including phenoxy) is 2. The molecular weight excluding hydrogens is 421 g/mol. The molecule has 7 heteroatoms.